The Kier molecular flexibility index (Phi) is 5.15. The maximum atomic E-state index is 14.3. The minimum absolute atomic E-state index is 0.0293. The van der Waals surface area contributed by atoms with E-state index < -0.39 is 31.6 Å². The van der Waals surface area contributed by atoms with Crippen LogP contribution in [0.1, 0.15) is 5.56 Å². The molecule has 4 heterocycles. The summed E-state index contributed by atoms with van der Waals surface area (Å²) >= 11 is 0. The number of ether oxygens (including phenoxy) is 1. The molecule has 0 radical (unpaired) electrons. The van der Waals surface area contributed by atoms with Gasteiger partial charge in [-0.25, -0.2) is 17.6 Å². The van der Waals surface area contributed by atoms with Crippen molar-refractivity contribution in [3.8, 4) is 0 Å². The molecule has 1 N–H and O–H groups in total. The molecule has 0 unspecified atom stereocenters. The summed E-state index contributed by atoms with van der Waals surface area (Å²) in [5, 5.41) is 2.88. The third-order valence-corrected chi connectivity index (χ3v) is 8.23. The van der Waals surface area contributed by atoms with Crippen molar-refractivity contribution in [1.29, 1.82) is 0 Å². The predicted octanol–water partition coefficient (Wildman–Crippen LogP) is 0.558. The third kappa shape index (κ3) is 3.81. The monoisotopic (exact) mass is 506 g/mol. The number of nitrogens with zero attached hydrogens (tertiary/aromatic N) is 3. The number of morpholine rings is 1. The molecule has 1 aromatic carbocycles. The number of carbonyl (C=O) groups excluding carboxylic acids is 2. The molecular weight excluding hydrogens is 484 g/mol. The van der Waals surface area contributed by atoms with Crippen LogP contribution in [0.5, 0.6) is 0 Å². The molecule has 14 heteroatoms. The van der Waals surface area contributed by atoms with E-state index in [4.69, 9.17) is 4.74 Å². The van der Waals surface area contributed by atoms with Gasteiger partial charge in [-0.2, -0.15) is 13.2 Å². The molecule has 1 aromatic rings. The van der Waals surface area contributed by atoms with Crippen molar-refractivity contribution in [1.82, 2.24) is 20.0 Å². The molecule has 34 heavy (non-hydrogen) atoms. The van der Waals surface area contributed by atoms with Gasteiger partial charge in [-0.3, -0.25) is 9.69 Å². The van der Waals surface area contributed by atoms with Gasteiger partial charge in [-0.15, -0.1) is 0 Å². The molecule has 0 bridgehead atoms. The van der Waals surface area contributed by atoms with Crippen LogP contribution in [0.3, 0.4) is 0 Å². The molecule has 5 rings (SSSR count). The summed E-state index contributed by atoms with van der Waals surface area (Å²) in [6, 6.07) is 2.11. The van der Waals surface area contributed by atoms with E-state index in [0.717, 1.165) is 12.1 Å². The van der Waals surface area contributed by atoms with Crippen molar-refractivity contribution in [2.24, 2.45) is 5.41 Å². The van der Waals surface area contributed by atoms with E-state index in [2.05, 4.69) is 5.32 Å². The molecular formula is C20H22F4N4O5S. The van der Waals surface area contributed by atoms with Crippen molar-refractivity contribution in [2.45, 2.75) is 22.5 Å². The molecule has 3 amide bonds. The number of amides is 3. The lowest BCUT2D eigenvalue weighted by Gasteiger charge is -2.62. The Balaban J connectivity index is 1.10. The van der Waals surface area contributed by atoms with Gasteiger partial charge in [0, 0.05) is 56.8 Å². The molecule has 0 aliphatic carbocycles. The Morgan fingerprint density at radius 2 is 1.74 bits per heavy atom. The minimum Gasteiger partial charge on any atom is -0.369 e. The molecule has 0 saturated carbocycles. The number of urea groups is 1. The highest BCUT2D eigenvalue weighted by molar-refractivity contribution is 7.92. The van der Waals surface area contributed by atoms with Gasteiger partial charge in [0.2, 0.25) is 5.91 Å². The Bertz CT molecular complexity index is 1140. The van der Waals surface area contributed by atoms with Crippen molar-refractivity contribution in [3.63, 3.8) is 0 Å². The fraction of sp³-hybridized carbons (Fsp3) is 0.600. The maximum Gasteiger partial charge on any atom is 0.501 e. The van der Waals surface area contributed by atoms with E-state index in [1.165, 1.54) is 0 Å². The van der Waals surface area contributed by atoms with Crippen LogP contribution in [0.15, 0.2) is 23.1 Å². The fourth-order valence-electron chi connectivity index (χ4n) is 5.21. The minimum atomic E-state index is -5.60. The van der Waals surface area contributed by atoms with E-state index in [1.54, 1.807) is 9.80 Å². The molecule has 9 nitrogen and oxygen atoms in total. The van der Waals surface area contributed by atoms with Gasteiger partial charge < -0.3 is 19.9 Å². The zero-order chi connectivity index (χ0) is 24.5. The summed E-state index contributed by atoms with van der Waals surface area (Å²) in [7, 11) is -5.60. The Labute approximate surface area is 192 Å². The van der Waals surface area contributed by atoms with Gasteiger partial charge in [0.15, 0.2) is 0 Å². The molecule has 186 valence electrons. The lowest BCUT2D eigenvalue weighted by Crippen LogP contribution is -2.79. The zero-order valence-electron chi connectivity index (χ0n) is 17.9. The second-order valence-electron chi connectivity index (χ2n) is 9.66. The van der Waals surface area contributed by atoms with Crippen molar-refractivity contribution >= 4 is 21.8 Å². The fourth-order valence-corrected chi connectivity index (χ4v) is 5.98. The number of sulfone groups is 1. The summed E-state index contributed by atoms with van der Waals surface area (Å²) in [6.07, 6.45) is 0. The van der Waals surface area contributed by atoms with Crippen LogP contribution in [0, 0.1) is 11.2 Å². The normalized spacial score (nSPS) is 23.8. The van der Waals surface area contributed by atoms with Crippen LogP contribution in [0.25, 0.3) is 0 Å². The predicted molar refractivity (Wildman–Crippen MR) is 108 cm³/mol. The van der Waals surface area contributed by atoms with Crippen LogP contribution < -0.4 is 5.32 Å². The number of hydrogen-bond acceptors (Lipinski definition) is 6. The van der Waals surface area contributed by atoms with Gasteiger partial charge in [-0.1, -0.05) is 6.07 Å². The molecule has 4 aliphatic rings. The summed E-state index contributed by atoms with van der Waals surface area (Å²) < 4.78 is 80.4. The number of benzene rings is 1. The molecule has 2 spiro atoms. The average molecular weight is 506 g/mol. The number of halogens is 4. The number of carbonyl (C=O) groups is 2. The summed E-state index contributed by atoms with van der Waals surface area (Å²) in [6.45, 7) is 3.59. The Hall–Kier alpha value is -2.45. The first kappa shape index (κ1) is 23.3. The van der Waals surface area contributed by atoms with E-state index in [1.807, 2.05) is 4.90 Å². The van der Waals surface area contributed by atoms with E-state index >= 15 is 0 Å². The molecule has 0 aromatic heterocycles. The quantitative estimate of drug-likeness (QED) is 0.602. The van der Waals surface area contributed by atoms with Crippen LogP contribution >= 0.6 is 0 Å². The zero-order valence-corrected chi connectivity index (χ0v) is 18.7. The molecule has 4 saturated heterocycles. The first-order chi connectivity index (χ1) is 15.8. The SMILES string of the molecule is O=C1COCC2(CN(C(=O)N3CC4(CN(Cc5ccc(S(=O)(=O)C(F)(F)F)cc5F)C4)C3)C2)N1. The highest BCUT2D eigenvalue weighted by Crippen LogP contribution is 2.42. The van der Waals surface area contributed by atoms with Crippen molar-refractivity contribution in [3.05, 3.63) is 29.6 Å². The van der Waals surface area contributed by atoms with Crippen LogP contribution in [0.4, 0.5) is 22.4 Å². The standard InChI is InChI=1S/C20H22F4N4O5S/c21-15-3-14(34(31,32)20(22,23)24)2-1-13(15)4-26-6-18(7-26)8-27(9-18)17(30)28-10-19(11-28)12-33-5-16(29)25-19/h1-3H,4-12H2,(H,25,29). The summed E-state index contributed by atoms with van der Waals surface area (Å²) in [4.78, 5) is 28.3. The summed E-state index contributed by atoms with van der Waals surface area (Å²) in [5.74, 6) is -1.20. The Morgan fingerprint density at radius 3 is 2.32 bits per heavy atom. The van der Waals surface area contributed by atoms with Gasteiger partial charge >= 0.3 is 11.5 Å². The van der Waals surface area contributed by atoms with Crippen molar-refractivity contribution < 1.29 is 40.3 Å². The second kappa shape index (κ2) is 7.52. The lowest BCUT2D eigenvalue weighted by atomic mass is 9.72. The van der Waals surface area contributed by atoms with E-state index in [-0.39, 0.29) is 36.1 Å². The first-order valence-corrected chi connectivity index (χ1v) is 12.0. The van der Waals surface area contributed by atoms with E-state index in [0.29, 0.717) is 51.9 Å². The number of hydrogen-bond donors (Lipinski definition) is 1. The largest absolute Gasteiger partial charge is 0.501 e. The number of alkyl halides is 3. The third-order valence-electron chi connectivity index (χ3n) is 6.75. The first-order valence-electron chi connectivity index (χ1n) is 10.6. The maximum absolute atomic E-state index is 14.3. The van der Waals surface area contributed by atoms with Crippen molar-refractivity contribution in [2.75, 3.05) is 52.5 Å². The Morgan fingerprint density at radius 1 is 1.09 bits per heavy atom. The molecule has 4 aliphatic heterocycles. The van der Waals surface area contributed by atoms with Crippen LogP contribution in [0.2, 0.25) is 0 Å². The lowest BCUT2D eigenvalue weighted by molar-refractivity contribution is -0.143. The van der Waals surface area contributed by atoms with Gasteiger partial charge in [0.1, 0.15) is 12.4 Å². The van der Waals surface area contributed by atoms with Crippen LogP contribution in [-0.4, -0.2) is 98.6 Å². The van der Waals surface area contributed by atoms with Gasteiger partial charge in [-0.05, 0) is 12.1 Å². The molecule has 0 atom stereocenters. The average Bonchev–Trinajstić information content (AvgIpc) is 2.66. The number of rotatable bonds is 3. The summed E-state index contributed by atoms with van der Waals surface area (Å²) in [5.41, 5.74) is -5.99. The topological polar surface area (TPSA) is 99.3 Å². The number of nitrogens with one attached hydrogen (secondary N) is 1. The second-order valence-corrected chi connectivity index (χ2v) is 11.6. The van der Waals surface area contributed by atoms with E-state index in [9.17, 15) is 35.6 Å². The van der Waals surface area contributed by atoms with Crippen LogP contribution in [-0.2, 0) is 25.9 Å². The highest BCUT2D eigenvalue weighted by atomic mass is 32.2. The van der Waals surface area contributed by atoms with Gasteiger partial charge in [0.05, 0.1) is 17.0 Å². The van der Waals surface area contributed by atoms with Gasteiger partial charge in [0.25, 0.3) is 9.84 Å². The molecule has 4 fully saturated rings. The highest BCUT2D eigenvalue weighted by Gasteiger charge is 2.56. The number of likely N-dealkylation sites (tertiary alicyclic amines) is 3. The smallest absolute Gasteiger partial charge is 0.369 e.